The van der Waals surface area contributed by atoms with Crippen molar-refractivity contribution in [1.29, 1.82) is 0 Å². The van der Waals surface area contributed by atoms with Crippen LogP contribution in [-0.4, -0.2) is 25.0 Å². The number of hydrogen-bond acceptors (Lipinski definition) is 2. The maximum Gasteiger partial charge on any atom is 0.228 e. The third-order valence-electron chi connectivity index (χ3n) is 3.86. The van der Waals surface area contributed by atoms with E-state index < -0.39 is 0 Å². The van der Waals surface area contributed by atoms with Gasteiger partial charge in [0.15, 0.2) is 0 Å². The summed E-state index contributed by atoms with van der Waals surface area (Å²) in [4.78, 5) is 12.1. The van der Waals surface area contributed by atoms with E-state index in [1.165, 1.54) is 11.1 Å². The molecule has 0 radical (unpaired) electrons. The van der Waals surface area contributed by atoms with Crippen molar-refractivity contribution in [2.24, 2.45) is 0 Å². The molecule has 3 rings (SSSR count). The Morgan fingerprint density at radius 1 is 1.24 bits per heavy atom. The summed E-state index contributed by atoms with van der Waals surface area (Å²) in [6.45, 7) is 2.04. The topological polar surface area (TPSA) is 41.1 Å². The van der Waals surface area contributed by atoms with Crippen LogP contribution in [0.5, 0.6) is 0 Å². The molecule has 17 heavy (non-hydrogen) atoms. The molecule has 3 nitrogen and oxygen atoms in total. The zero-order valence-corrected chi connectivity index (χ0v) is 9.91. The lowest BCUT2D eigenvalue weighted by atomic mass is 9.77. The molecule has 2 N–H and O–H groups in total. The molecule has 1 heterocycles. The predicted octanol–water partition coefficient (Wildman–Crippen LogP) is 1.19. The van der Waals surface area contributed by atoms with Gasteiger partial charge in [-0.1, -0.05) is 24.3 Å². The van der Waals surface area contributed by atoms with Crippen LogP contribution in [0.3, 0.4) is 0 Å². The van der Waals surface area contributed by atoms with Crippen molar-refractivity contribution < 1.29 is 4.79 Å². The second kappa shape index (κ2) is 4.49. The van der Waals surface area contributed by atoms with Gasteiger partial charge in [0.05, 0.1) is 5.92 Å². The minimum Gasteiger partial charge on any atom is -0.353 e. The molecule has 3 heteroatoms. The zero-order valence-electron chi connectivity index (χ0n) is 9.91. The van der Waals surface area contributed by atoms with E-state index in [1.54, 1.807) is 0 Å². The van der Waals surface area contributed by atoms with Gasteiger partial charge in [0.2, 0.25) is 5.91 Å². The molecule has 1 fully saturated rings. The van der Waals surface area contributed by atoms with Gasteiger partial charge in [0.1, 0.15) is 0 Å². The molecule has 1 saturated heterocycles. The van der Waals surface area contributed by atoms with Gasteiger partial charge in [-0.2, -0.15) is 0 Å². The fourth-order valence-electron chi connectivity index (χ4n) is 2.76. The molecule has 0 aromatic heterocycles. The van der Waals surface area contributed by atoms with Crippen molar-refractivity contribution in [2.75, 3.05) is 13.1 Å². The van der Waals surface area contributed by atoms with E-state index in [9.17, 15) is 4.79 Å². The zero-order chi connectivity index (χ0) is 11.7. The van der Waals surface area contributed by atoms with Crippen LogP contribution < -0.4 is 10.6 Å². The predicted molar refractivity (Wildman–Crippen MR) is 66.9 cm³/mol. The van der Waals surface area contributed by atoms with E-state index in [0.29, 0.717) is 6.04 Å². The number of carbonyl (C=O) groups is 1. The Labute approximate surface area is 102 Å². The molecule has 1 aliphatic heterocycles. The van der Waals surface area contributed by atoms with Crippen LogP contribution in [0.1, 0.15) is 29.9 Å². The smallest absolute Gasteiger partial charge is 0.228 e. The molecule has 1 aromatic carbocycles. The number of fused-ring (bicyclic) bond motifs is 1. The summed E-state index contributed by atoms with van der Waals surface area (Å²) in [5.41, 5.74) is 2.55. The third kappa shape index (κ3) is 2.07. The first-order valence-electron chi connectivity index (χ1n) is 6.43. The minimum absolute atomic E-state index is 0.0982. The number of amides is 1. The highest BCUT2D eigenvalue weighted by Gasteiger charge is 2.32. The SMILES string of the molecule is O=C(NC1CCNCC1)C1Cc2ccccc21. The monoisotopic (exact) mass is 230 g/mol. The molecule has 0 bridgehead atoms. The maximum atomic E-state index is 12.1. The summed E-state index contributed by atoms with van der Waals surface area (Å²) < 4.78 is 0. The van der Waals surface area contributed by atoms with Crippen LogP contribution in [0.15, 0.2) is 24.3 Å². The number of rotatable bonds is 2. The standard InChI is InChI=1S/C14H18N2O/c17-14(16-11-5-7-15-8-6-11)13-9-10-3-1-2-4-12(10)13/h1-4,11,13,15H,5-9H2,(H,16,17). The Morgan fingerprint density at radius 2 is 2.00 bits per heavy atom. The van der Waals surface area contributed by atoms with E-state index in [-0.39, 0.29) is 11.8 Å². The molecule has 1 aromatic rings. The van der Waals surface area contributed by atoms with Gasteiger partial charge in [-0.25, -0.2) is 0 Å². The Balaban J connectivity index is 1.61. The van der Waals surface area contributed by atoms with E-state index in [4.69, 9.17) is 0 Å². The van der Waals surface area contributed by atoms with Crippen molar-refractivity contribution in [2.45, 2.75) is 31.2 Å². The van der Waals surface area contributed by atoms with E-state index >= 15 is 0 Å². The van der Waals surface area contributed by atoms with Crippen LogP contribution in [0, 0.1) is 0 Å². The summed E-state index contributed by atoms with van der Waals surface area (Å²) in [7, 11) is 0. The lowest BCUT2D eigenvalue weighted by Crippen LogP contribution is -2.46. The lowest BCUT2D eigenvalue weighted by molar-refractivity contribution is -0.123. The van der Waals surface area contributed by atoms with Crippen molar-refractivity contribution >= 4 is 5.91 Å². The molecule has 1 atom stereocenters. The number of carbonyl (C=O) groups excluding carboxylic acids is 1. The average Bonchev–Trinajstić information content (AvgIpc) is 2.32. The normalized spacial score (nSPS) is 23.6. The van der Waals surface area contributed by atoms with Crippen molar-refractivity contribution in [3.8, 4) is 0 Å². The van der Waals surface area contributed by atoms with Gasteiger partial charge in [-0.05, 0) is 43.5 Å². The average molecular weight is 230 g/mol. The van der Waals surface area contributed by atoms with Gasteiger partial charge < -0.3 is 10.6 Å². The van der Waals surface area contributed by atoms with Gasteiger partial charge in [0, 0.05) is 6.04 Å². The number of hydrogen-bond donors (Lipinski definition) is 2. The molecule has 2 aliphatic rings. The summed E-state index contributed by atoms with van der Waals surface area (Å²) >= 11 is 0. The Hall–Kier alpha value is -1.35. The molecule has 1 unspecified atom stereocenters. The summed E-state index contributed by atoms with van der Waals surface area (Å²) in [5.74, 6) is 0.316. The van der Waals surface area contributed by atoms with Gasteiger partial charge in [-0.3, -0.25) is 4.79 Å². The highest BCUT2D eigenvalue weighted by atomic mass is 16.2. The number of nitrogens with one attached hydrogen (secondary N) is 2. The van der Waals surface area contributed by atoms with Crippen LogP contribution in [0.2, 0.25) is 0 Å². The first-order chi connectivity index (χ1) is 8.34. The van der Waals surface area contributed by atoms with Crippen LogP contribution in [-0.2, 0) is 11.2 Å². The molecule has 0 saturated carbocycles. The molecule has 1 amide bonds. The van der Waals surface area contributed by atoms with Gasteiger partial charge >= 0.3 is 0 Å². The first kappa shape index (κ1) is 10.8. The summed E-state index contributed by atoms with van der Waals surface area (Å²) in [5, 5.41) is 6.49. The quantitative estimate of drug-likeness (QED) is 0.801. The van der Waals surface area contributed by atoms with Crippen molar-refractivity contribution in [1.82, 2.24) is 10.6 Å². The fraction of sp³-hybridized carbons (Fsp3) is 0.500. The lowest BCUT2D eigenvalue weighted by Gasteiger charge is -2.32. The number of piperidine rings is 1. The minimum atomic E-state index is 0.0982. The Kier molecular flexibility index (Phi) is 2.85. The maximum absolute atomic E-state index is 12.1. The van der Waals surface area contributed by atoms with Crippen molar-refractivity contribution in [3.63, 3.8) is 0 Å². The van der Waals surface area contributed by atoms with Crippen LogP contribution in [0.25, 0.3) is 0 Å². The van der Waals surface area contributed by atoms with E-state index in [0.717, 1.165) is 32.4 Å². The molecular formula is C14H18N2O. The molecule has 0 spiro atoms. The molecular weight excluding hydrogens is 212 g/mol. The molecule has 1 aliphatic carbocycles. The molecule has 90 valence electrons. The largest absolute Gasteiger partial charge is 0.353 e. The van der Waals surface area contributed by atoms with Crippen molar-refractivity contribution in [3.05, 3.63) is 35.4 Å². The van der Waals surface area contributed by atoms with E-state index in [1.807, 2.05) is 12.1 Å². The van der Waals surface area contributed by atoms with E-state index in [2.05, 4.69) is 22.8 Å². The highest BCUT2D eigenvalue weighted by molar-refractivity contribution is 5.87. The summed E-state index contributed by atoms with van der Waals surface area (Å²) in [6, 6.07) is 8.62. The Morgan fingerprint density at radius 3 is 2.76 bits per heavy atom. The second-order valence-electron chi connectivity index (χ2n) is 4.99. The third-order valence-corrected chi connectivity index (χ3v) is 3.86. The van der Waals surface area contributed by atoms with Crippen LogP contribution in [0.4, 0.5) is 0 Å². The fourth-order valence-corrected chi connectivity index (χ4v) is 2.76. The summed E-state index contributed by atoms with van der Waals surface area (Å²) in [6.07, 6.45) is 3.02. The highest BCUT2D eigenvalue weighted by Crippen LogP contribution is 2.34. The van der Waals surface area contributed by atoms with Crippen LogP contribution >= 0.6 is 0 Å². The second-order valence-corrected chi connectivity index (χ2v) is 4.99. The number of benzene rings is 1. The van der Waals surface area contributed by atoms with Gasteiger partial charge in [-0.15, -0.1) is 0 Å². The Bertz CT molecular complexity index is 424. The first-order valence-corrected chi connectivity index (χ1v) is 6.43. The van der Waals surface area contributed by atoms with Gasteiger partial charge in [0.25, 0.3) is 0 Å².